The van der Waals surface area contributed by atoms with E-state index in [1.165, 1.54) is 12.8 Å². The molecule has 0 bridgehead atoms. The van der Waals surface area contributed by atoms with Crippen LogP contribution in [0.2, 0.25) is 5.02 Å². The molecule has 1 aliphatic rings. The summed E-state index contributed by atoms with van der Waals surface area (Å²) in [4.78, 5) is 0. The summed E-state index contributed by atoms with van der Waals surface area (Å²) in [7, 11) is 0. The molecule has 1 aromatic carbocycles. The number of tetrazole rings is 1. The third-order valence-electron chi connectivity index (χ3n) is 2.58. The Labute approximate surface area is 106 Å². The summed E-state index contributed by atoms with van der Waals surface area (Å²) in [6.07, 6.45) is 2.35. The maximum Gasteiger partial charge on any atom is 0.159 e. The highest BCUT2D eigenvalue weighted by molar-refractivity contribution is 9.10. The Kier molecular flexibility index (Phi) is 2.44. The maximum absolute atomic E-state index is 5.95. The molecular formula is C10H8BrClN4. The molecule has 0 aliphatic heterocycles. The Hall–Kier alpha value is -0.940. The van der Waals surface area contributed by atoms with E-state index in [0.717, 1.165) is 16.0 Å². The predicted octanol–water partition coefficient (Wildman–Crippen LogP) is 2.96. The van der Waals surface area contributed by atoms with Gasteiger partial charge in [0.25, 0.3) is 0 Å². The summed E-state index contributed by atoms with van der Waals surface area (Å²) in [5, 5.41) is 12.5. The van der Waals surface area contributed by atoms with Gasteiger partial charge >= 0.3 is 0 Å². The van der Waals surface area contributed by atoms with Crippen molar-refractivity contribution in [2.75, 3.05) is 0 Å². The van der Waals surface area contributed by atoms with Crippen molar-refractivity contribution in [1.82, 2.24) is 20.2 Å². The number of hydrogen-bond donors (Lipinski definition) is 0. The molecule has 0 N–H and O–H groups in total. The van der Waals surface area contributed by atoms with Gasteiger partial charge in [-0.2, -0.15) is 4.68 Å². The van der Waals surface area contributed by atoms with Crippen molar-refractivity contribution in [3.05, 3.63) is 33.5 Å². The van der Waals surface area contributed by atoms with Gasteiger partial charge in [0.1, 0.15) is 0 Å². The fourth-order valence-corrected chi connectivity index (χ4v) is 2.08. The molecule has 0 unspecified atom stereocenters. The van der Waals surface area contributed by atoms with E-state index in [0.29, 0.717) is 10.9 Å². The Morgan fingerprint density at radius 2 is 2.19 bits per heavy atom. The minimum atomic E-state index is 0.518. The van der Waals surface area contributed by atoms with E-state index in [1.54, 1.807) is 4.68 Å². The van der Waals surface area contributed by atoms with Crippen LogP contribution in [0.5, 0.6) is 0 Å². The Morgan fingerprint density at radius 1 is 1.38 bits per heavy atom. The summed E-state index contributed by atoms with van der Waals surface area (Å²) in [6.45, 7) is 0. The summed E-state index contributed by atoms with van der Waals surface area (Å²) < 4.78 is 2.63. The molecule has 1 aromatic heterocycles. The first kappa shape index (κ1) is 10.2. The first-order valence-corrected chi connectivity index (χ1v) is 6.16. The van der Waals surface area contributed by atoms with Gasteiger partial charge in [-0.05, 0) is 57.4 Å². The number of rotatable bonds is 2. The van der Waals surface area contributed by atoms with Gasteiger partial charge in [-0.25, -0.2) is 0 Å². The summed E-state index contributed by atoms with van der Waals surface area (Å²) in [5.74, 6) is 1.46. The van der Waals surface area contributed by atoms with E-state index >= 15 is 0 Å². The van der Waals surface area contributed by atoms with E-state index in [9.17, 15) is 0 Å². The van der Waals surface area contributed by atoms with Crippen molar-refractivity contribution >= 4 is 27.5 Å². The second-order valence-corrected chi connectivity index (χ2v) is 5.08. The van der Waals surface area contributed by atoms with Gasteiger partial charge in [0.15, 0.2) is 5.82 Å². The molecule has 4 nitrogen and oxygen atoms in total. The molecule has 1 heterocycles. The summed E-state index contributed by atoms with van der Waals surface area (Å²) >= 11 is 9.34. The Balaban J connectivity index is 2.07. The second kappa shape index (κ2) is 3.82. The smallest absolute Gasteiger partial charge is 0.159 e. The van der Waals surface area contributed by atoms with E-state index in [-0.39, 0.29) is 0 Å². The van der Waals surface area contributed by atoms with Gasteiger partial charge in [-0.3, -0.25) is 0 Å². The first-order chi connectivity index (χ1) is 7.75. The van der Waals surface area contributed by atoms with Crippen LogP contribution >= 0.6 is 27.5 Å². The lowest BCUT2D eigenvalue weighted by molar-refractivity contribution is 0.763. The lowest BCUT2D eigenvalue weighted by atomic mass is 10.3. The number of halogens is 2. The molecule has 82 valence electrons. The predicted molar refractivity (Wildman–Crippen MR) is 63.8 cm³/mol. The summed E-state index contributed by atoms with van der Waals surface area (Å²) in [6, 6.07) is 5.67. The molecule has 1 saturated carbocycles. The Bertz CT molecular complexity index is 535. The molecule has 0 radical (unpaired) electrons. The molecule has 6 heteroatoms. The van der Waals surface area contributed by atoms with Crippen molar-refractivity contribution in [3.63, 3.8) is 0 Å². The zero-order chi connectivity index (χ0) is 11.1. The van der Waals surface area contributed by atoms with E-state index < -0.39 is 0 Å². The topological polar surface area (TPSA) is 43.6 Å². The van der Waals surface area contributed by atoms with Crippen LogP contribution < -0.4 is 0 Å². The second-order valence-electron chi connectivity index (χ2n) is 3.82. The molecule has 16 heavy (non-hydrogen) atoms. The van der Waals surface area contributed by atoms with E-state index in [1.807, 2.05) is 18.2 Å². The fourth-order valence-electron chi connectivity index (χ4n) is 1.59. The molecule has 0 saturated heterocycles. The van der Waals surface area contributed by atoms with Gasteiger partial charge in [0.2, 0.25) is 0 Å². The number of aromatic nitrogens is 4. The highest BCUT2D eigenvalue weighted by Crippen LogP contribution is 2.39. The monoisotopic (exact) mass is 298 g/mol. The quantitative estimate of drug-likeness (QED) is 0.856. The van der Waals surface area contributed by atoms with Gasteiger partial charge in [0, 0.05) is 10.4 Å². The van der Waals surface area contributed by atoms with Crippen LogP contribution in [0.15, 0.2) is 22.7 Å². The van der Waals surface area contributed by atoms with Crippen molar-refractivity contribution < 1.29 is 0 Å². The van der Waals surface area contributed by atoms with Crippen molar-refractivity contribution in [1.29, 1.82) is 0 Å². The first-order valence-electron chi connectivity index (χ1n) is 4.99. The average Bonchev–Trinajstić information content (AvgIpc) is 3.01. The van der Waals surface area contributed by atoms with Crippen LogP contribution in [-0.2, 0) is 0 Å². The molecule has 0 atom stereocenters. The third kappa shape index (κ3) is 1.74. The molecule has 2 aromatic rings. The van der Waals surface area contributed by atoms with Crippen LogP contribution in [0, 0.1) is 0 Å². The normalized spacial score (nSPS) is 15.4. The zero-order valence-electron chi connectivity index (χ0n) is 8.27. The third-order valence-corrected chi connectivity index (χ3v) is 3.80. The standard InChI is InChI=1S/C10H8BrClN4/c11-8-5-7(3-4-9(8)12)16-10(6-1-2-6)13-14-15-16/h3-6H,1-2H2. The molecule has 1 aliphatic carbocycles. The SMILES string of the molecule is Clc1ccc(-n2nnnc2C2CC2)cc1Br. The van der Waals surface area contributed by atoms with Gasteiger partial charge in [0.05, 0.1) is 10.7 Å². The van der Waals surface area contributed by atoms with Gasteiger partial charge < -0.3 is 0 Å². The molecule has 0 amide bonds. The summed E-state index contributed by atoms with van der Waals surface area (Å²) in [5.41, 5.74) is 0.933. The lowest BCUT2D eigenvalue weighted by Crippen LogP contribution is -2.01. The highest BCUT2D eigenvalue weighted by atomic mass is 79.9. The fraction of sp³-hybridized carbons (Fsp3) is 0.300. The van der Waals surface area contributed by atoms with Crippen LogP contribution in [0.25, 0.3) is 5.69 Å². The average molecular weight is 300 g/mol. The number of benzene rings is 1. The van der Waals surface area contributed by atoms with Crippen molar-refractivity contribution in [3.8, 4) is 5.69 Å². The van der Waals surface area contributed by atoms with Crippen LogP contribution in [0.4, 0.5) is 0 Å². The van der Waals surface area contributed by atoms with Crippen molar-refractivity contribution in [2.24, 2.45) is 0 Å². The van der Waals surface area contributed by atoms with E-state index in [4.69, 9.17) is 11.6 Å². The molecule has 3 rings (SSSR count). The van der Waals surface area contributed by atoms with Crippen LogP contribution in [-0.4, -0.2) is 20.2 Å². The van der Waals surface area contributed by atoms with Gasteiger partial charge in [-0.1, -0.05) is 11.6 Å². The minimum absolute atomic E-state index is 0.518. The highest BCUT2D eigenvalue weighted by Gasteiger charge is 2.29. The number of hydrogen-bond acceptors (Lipinski definition) is 3. The molecular weight excluding hydrogens is 291 g/mol. The zero-order valence-corrected chi connectivity index (χ0v) is 10.6. The maximum atomic E-state index is 5.95. The number of nitrogens with zero attached hydrogens (tertiary/aromatic N) is 4. The Morgan fingerprint density at radius 3 is 2.88 bits per heavy atom. The van der Waals surface area contributed by atoms with E-state index in [2.05, 4.69) is 31.5 Å². The largest absolute Gasteiger partial charge is 0.197 e. The molecule has 0 spiro atoms. The molecule has 1 fully saturated rings. The van der Waals surface area contributed by atoms with Gasteiger partial charge in [-0.15, -0.1) is 5.10 Å². The minimum Gasteiger partial charge on any atom is -0.197 e. The van der Waals surface area contributed by atoms with Crippen molar-refractivity contribution in [2.45, 2.75) is 18.8 Å². The van der Waals surface area contributed by atoms with Crippen LogP contribution in [0.3, 0.4) is 0 Å². The lowest BCUT2D eigenvalue weighted by Gasteiger charge is -2.04. The van der Waals surface area contributed by atoms with Crippen LogP contribution in [0.1, 0.15) is 24.6 Å².